The molecule has 2 aromatic carbocycles. The molecule has 0 saturated heterocycles. The van der Waals surface area contributed by atoms with Crippen LogP contribution in [0.1, 0.15) is 5.56 Å². The number of benzene rings is 2. The molecule has 0 unspecified atom stereocenters. The zero-order chi connectivity index (χ0) is 13.1. The zero-order valence-electron chi connectivity index (χ0n) is 10.3. The number of nitrogens with one attached hydrogen (secondary N) is 1. The van der Waals surface area contributed by atoms with E-state index >= 15 is 0 Å². The molecule has 0 radical (unpaired) electrons. The molecule has 0 heterocycles. The summed E-state index contributed by atoms with van der Waals surface area (Å²) >= 11 is 0. The molecule has 0 amide bonds. The maximum absolute atomic E-state index is 13.2. The molecule has 0 aliphatic heterocycles. The van der Waals surface area contributed by atoms with E-state index in [-0.39, 0.29) is 5.82 Å². The summed E-state index contributed by atoms with van der Waals surface area (Å²) in [5, 5.41) is 3.11. The maximum Gasteiger partial charge on any atom is 0.125 e. The second-order valence-corrected chi connectivity index (χ2v) is 4.04. The first-order valence-electron chi connectivity index (χ1n) is 5.57. The molecule has 18 heavy (non-hydrogen) atoms. The number of halogens is 1. The van der Waals surface area contributed by atoms with Crippen LogP contribution in [-0.4, -0.2) is 7.11 Å². The third-order valence-electron chi connectivity index (χ3n) is 2.72. The van der Waals surface area contributed by atoms with Crippen LogP contribution in [0, 0.1) is 12.7 Å². The lowest BCUT2D eigenvalue weighted by Gasteiger charge is -2.12. The number of hydrogen-bond acceptors (Lipinski definition) is 3. The van der Waals surface area contributed by atoms with Gasteiger partial charge in [0.05, 0.1) is 18.5 Å². The fraction of sp³-hybridized carbons (Fsp3) is 0.143. The third kappa shape index (κ3) is 2.53. The summed E-state index contributed by atoms with van der Waals surface area (Å²) in [5.74, 6) is 0.461. The number of methoxy groups -OCH3 is 1. The van der Waals surface area contributed by atoms with Crippen molar-refractivity contribution in [2.45, 2.75) is 6.92 Å². The molecule has 0 fully saturated rings. The van der Waals surface area contributed by atoms with Crippen LogP contribution in [0.15, 0.2) is 36.4 Å². The molecule has 0 saturated carbocycles. The molecule has 0 aliphatic rings. The largest absolute Gasteiger partial charge is 0.497 e. The Kier molecular flexibility index (Phi) is 3.37. The molecule has 3 N–H and O–H groups in total. The summed E-state index contributed by atoms with van der Waals surface area (Å²) in [6, 6.07) is 9.86. The first-order chi connectivity index (χ1) is 8.60. The van der Waals surface area contributed by atoms with Gasteiger partial charge in [-0.2, -0.15) is 0 Å². The Labute approximate surface area is 105 Å². The Morgan fingerprint density at radius 1 is 1.11 bits per heavy atom. The molecular weight excluding hydrogens is 231 g/mol. The average molecular weight is 246 g/mol. The highest BCUT2D eigenvalue weighted by Gasteiger charge is 2.04. The summed E-state index contributed by atoms with van der Waals surface area (Å²) < 4.78 is 18.3. The van der Waals surface area contributed by atoms with Gasteiger partial charge in [0.1, 0.15) is 11.6 Å². The number of anilines is 3. The zero-order valence-corrected chi connectivity index (χ0v) is 10.3. The van der Waals surface area contributed by atoms with E-state index in [1.807, 2.05) is 25.1 Å². The van der Waals surface area contributed by atoms with Crippen molar-refractivity contribution in [1.29, 1.82) is 0 Å². The smallest absolute Gasteiger partial charge is 0.125 e. The minimum Gasteiger partial charge on any atom is -0.497 e. The molecule has 4 heteroatoms. The van der Waals surface area contributed by atoms with E-state index in [9.17, 15) is 4.39 Å². The van der Waals surface area contributed by atoms with E-state index in [1.54, 1.807) is 7.11 Å². The van der Waals surface area contributed by atoms with E-state index in [2.05, 4.69) is 5.32 Å². The number of nitrogen functional groups attached to an aromatic ring is 1. The van der Waals surface area contributed by atoms with Crippen LogP contribution < -0.4 is 15.8 Å². The first-order valence-corrected chi connectivity index (χ1v) is 5.57. The van der Waals surface area contributed by atoms with Gasteiger partial charge in [0.15, 0.2) is 0 Å². The highest BCUT2D eigenvalue weighted by molar-refractivity contribution is 5.74. The van der Waals surface area contributed by atoms with Crippen molar-refractivity contribution in [2.75, 3.05) is 18.2 Å². The Bertz CT molecular complexity index is 570. The molecule has 0 aliphatic carbocycles. The van der Waals surface area contributed by atoms with E-state index < -0.39 is 0 Å². The summed E-state index contributed by atoms with van der Waals surface area (Å²) in [6.45, 7) is 1.94. The van der Waals surface area contributed by atoms with Crippen molar-refractivity contribution in [3.8, 4) is 5.75 Å². The van der Waals surface area contributed by atoms with Gasteiger partial charge in [-0.25, -0.2) is 4.39 Å². The molecule has 0 bridgehead atoms. The van der Waals surface area contributed by atoms with Crippen LogP contribution in [0.4, 0.5) is 21.5 Å². The van der Waals surface area contributed by atoms with Gasteiger partial charge in [-0.15, -0.1) is 0 Å². The number of ether oxygens (including phenoxy) is 1. The van der Waals surface area contributed by atoms with Crippen LogP contribution in [-0.2, 0) is 0 Å². The van der Waals surface area contributed by atoms with Gasteiger partial charge in [-0.1, -0.05) is 0 Å². The standard InChI is InChI=1S/C14H15FN2O/c1-9-7-11(18-2)4-6-13(9)17-14-8-10(15)3-5-12(14)16/h3-8,17H,16H2,1-2H3. The number of nitrogens with two attached hydrogens (primary N) is 1. The Morgan fingerprint density at radius 3 is 2.56 bits per heavy atom. The quantitative estimate of drug-likeness (QED) is 0.815. The van der Waals surface area contributed by atoms with Crippen LogP contribution in [0.2, 0.25) is 0 Å². The molecule has 2 rings (SSSR count). The maximum atomic E-state index is 13.2. The normalized spacial score (nSPS) is 10.2. The molecule has 2 aromatic rings. The van der Waals surface area contributed by atoms with Crippen molar-refractivity contribution in [3.05, 3.63) is 47.8 Å². The predicted molar refractivity (Wildman–Crippen MR) is 71.8 cm³/mol. The molecular formula is C14H15FN2O. The van der Waals surface area contributed by atoms with Crippen molar-refractivity contribution < 1.29 is 9.13 Å². The fourth-order valence-electron chi connectivity index (χ4n) is 1.69. The van der Waals surface area contributed by atoms with Crippen LogP contribution in [0.3, 0.4) is 0 Å². The topological polar surface area (TPSA) is 47.3 Å². The lowest BCUT2D eigenvalue weighted by atomic mass is 10.1. The summed E-state index contributed by atoms with van der Waals surface area (Å²) in [4.78, 5) is 0. The average Bonchev–Trinajstić information content (AvgIpc) is 2.36. The van der Waals surface area contributed by atoms with Gasteiger partial charge in [0.2, 0.25) is 0 Å². The molecule has 0 atom stereocenters. The van der Waals surface area contributed by atoms with Crippen molar-refractivity contribution in [1.82, 2.24) is 0 Å². The lowest BCUT2D eigenvalue weighted by molar-refractivity contribution is 0.414. The molecule has 0 spiro atoms. The summed E-state index contributed by atoms with van der Waals surface area (Å²) in [7, 11) is 1.62. The number of rotatable bonds is 3. The van der Waals surface area contributed by atoms with Crippen molar-refractivity contribution >= 4 is 17.1 Å². The van der Waals surface area contributed by atoms with E-state index in [0.29, 0.717) is 11.4 Å². The molecule has 0 aromatic heterocycles. The van der Waals surface area contributed by atoms with Crippen LogP contribution >= 0.6 is 0 Å². The van der Waals surface area contributed by atoms with Gasteiger partial charge in [-0.05, 0) is 48.9 Å². The molecule has 3 nitrogen and oxygen atoms in total. The SMILES string of the molecule is COc1ccc(Nc2cc(F)ccc2N)c(C)c1. The van der Waals surface area contributed by atoms with E-state index in [1.165, 1.54) is 18.2 Å². The minimum absolute atomic E-state index is 0.321. The third-order valence-corrected chi connectivity index (χ3v) is 2.72. The van der Waals surface area contributed by atoms with Gasteiger partial charge in [-0.3, -0.25) is 0 Å². The Balaban J connectivity index is 2.31. The van der Waals surface area contributed by atoms with Crippen molar-refractivity contribution in [2.24, 2.45) is 0 Å². The number of aryl methyl sites for hydroxylation is 1. The molecule has 94 valence electrons. The van der Waals surface area contributed by atoms with E-state index in [4.69, 9.17) is 10.5 Å². The van der Waals surface area contributed by atoms with Gasteiger partial charge in [0.25, 0.3) is 0 Å². The Morgan fingerprint density at radius 2 is 1.89 bits per heavy atom. The predicted octanol–water partition coefficient (Wildman–Crippen LogP) is 3.47. The lowest BCUT2D eigenvalue weighted by Crippen LogP contribution is -1.98. The highest BCUT2D eigenvalue weighted by atomic mass is 19.1. The van der Waals surface area contributed by atoms with Gasteiger partial charge < -0.3 is 15.8 Å². The summed E-state index contributed by atoms with van der Waals surface area (Å²) in [5.41, 5.74) is 8.72. The minimum atomic E-state index is -0.321. The van der Waals surface area contributed by atoms with Crippen molar-refractivity contribution in [3.63, 3.8) is 0 Å². The number of hydrogen-bond donors (Lipinski definition) is 2. The first kappa shape index (κ1) is 12.2. The van der Waals surface area contributed by atoms with Gasteiger partial charge in [0, 0.05) is 5.69 Å². The fourth-order valence-corrected chi connectivity index (χ4v) is 1.69. The van der Waals surface area contributed by atoms with Gasteiger partial charge >= 0.3 is 0 Å². The summed E-state index contributed by atoms with van der Waals surface area (Å²) in [6.07, 6.45) is 0. The van der Waals surface area contributed by atoms with E-state index in [0.717, 1.165) is 17.0 Å². The monoisotopic (exact) mass is 246 g/mol. The van der Waals surface area contributed by atoms with Crippen LogP contribution in [0.25, 0.3) is 0 Å². The second kappa shape index (κ2) is 4.96. The van der Waals surface area contributed by atoms with Crippen LogP contribution in [0.5, 0.6) is 5.75 Å². The Hall–Kier alpha value is -2.23. The highest BCUT2D eigenvalue weighted by Crippen LogP contribution is 2.28. The second-order valence-electron chi connectivity index (χ2n) is 4.04.